The molecule has 0 aliphatic heterocycles. The number of hydrogen-bond donors (Lipinski definition) is 1. The lowest BCUT2D eigenvalue weighted by Gasteiger charge is -2.05. The predicted octanol–water partition coefficient (Wildman–Crippen LogP) is 5.04. The molecule has 0 fully saturated rings. The molecule has 0 radical (unpaired) electrons. The number of aromatic amines is 1. The number of carbonyl (C=O) groups excluding carboxylic acids is 1. The monoisotopic (exact) mass is 295 g/mol. The lowest BCUT2D eigenvalue weighted by molar-refractivity contribution is 0.0496. The summed E-state index contributed by atoms with van der Waals surface area (Å²) in [7, 11) is 0. The number of nitrogens with one attached hydrogen (secondary N) is 1. The van der Waals surface area contributed by atoms with Crippen molar-refractivity contribution < 1.29 is 9.53 Å². The molecule has 0 saturated heterocycles. The van der Waals surface area contributed by atoms with Gasteiger partial charge in [-0.3, -0.25) is 0 Å². The van der Waals surface area contributed by atoms with Gasteiger partial charge in [0.1, 0.15) is 4.64 Å². The van der Waals surface area contributed by atoms with Crippen LogP contribution in [0.4, 0.5) is 0 Å². The van der Waals surface area contributed by atoms with E-state index in [9.17, 15) is 4.79 Å². The van der Waals surface area contributed by atoms with Crippen molar-refractivity contribution in [2.24, 2.45) is 0 Å². The average molecular weight is 295 g/mol. The molecule has 1 N–H and O–H groups in total. The van der Waals surface area contributed by atoms with Gasteiger partial charge in [-0.1, -0.05) is 64.1 Å². The molecule has 3 nitrogen and oxygen atoms in total. The second-order valence-corrected chi connectivity index (χ2v) is 5.43. The molecular formula is C16H25NO2S. The zero-order chi connectivity index (χ0) is 14.6. The molecule has 1 rings (SSSR count). The number of H-pyrrole nitrogens is 1. The molecule has 0 aliphatic carbocycles. The van der Waals surface area contributed by atoms with E-state index in [0.717, 1.165) is 12.8 Å². The maximum absolute atomic E-state index is 11.8. The Labute approximate surface area is 126 Å². The van der Waals surface area contributed by atoms with Crippen LogP contribution in [0.3, 0.4) is 0 Å². The number of carbonyl (C=O) groups is 1. The first kappa shape index (κ1) is 16.9. The van der Waals surface area contributed by atoms with Crippen LogP contribution in [0.5, 0.6) is 0 Å². The molecule has 0 bridgehead atoms. The molecule has 1 aromatic heterocycles. The van der Waals surface area contributed by atoms with Gasteiger partial charge in [-0.05, 0) is 18.6 Å². The van der Waals surface area contributed by atoms with Crippen LogP contribution in [-0.2, 0) is 4.74 Å². The number of rotatable bonds is 10. The van der Waals surface area contributed by atoms with Crippen molar-refractivity contribution in [3.63, 3.8) is 0 Å². The van der Waals surface area contributed by atoms with Crippen LogP contribution in [0.25, 0.3) is 0 Å². The molecular weight excluding hydrogens is 270 g/mol. The third kappa shape index (κ3) is 6.85. The van der Waals surface area contributed by atoms with E-state index < -0.39 is 0 Å². The molecule has 0 amide bonds. The van der Waals surface area contributed by atoms with Crippen molar-refractivity contribution in [2.75, 3.05) is 6.61 Å². The maximum atomic E-state index is 11.8. The van der Waals surface area contributed by atoms with E-state index in [2.05, 4.69) is 11.9 Å². The summed E-state index contributed by atoms with van der Waals surface area (Å²) in [5.74, 6) is -0.324. The zero-order valence-electron chi connectivity index (χ0n) is 12.3. The van der Waals surface area contributed by atoms with Crippen LogP contribution in [0, 0.1) is 4.64 Å². The van der Waals surface area contributed by atoms with Crippen molar-refractivity contribution in [1.82, 2.24) is 4.98 Å². The van der Waals surface area contributed by atoms with E-state index in [1.165, 1.54) is 38.5 Å². The fourth-order valence-corrected chi connectivity index (χ4v) is 2.28. The number of esters is 1. The quantitative estimate of drug-likeness (QED) is 0.373. The topological polar surface area (TPSA) is 42.1 Å². The Balaban J connectivity index is 2.06. The molecule has 0 aliphatic rings. The smallest absolute Gasteiger partial charge is 0.341 e. The molecule has 0 aromatic carbocycles. The standard InChI is InChI=1S/C16H25NO2S/c1-2-3-4-5-6-7-8-9-13-19-16(18)14-11-10-12-17-15(14)20/h10-12H,2-9,13H2,1H3,(H,17,20). The average Bonchev–Trinajstić information content (AvgIpc) is 2.46. The van der Waals surface area contributed by atoms with E-state index >= 15 is 0 Å². The number of hydrogen-bond acceptors (Lipinski definition) is 3. The second kappa shape index (κ2) is 10.6. The van der Waals surface area contributed by atoms with Crippen LogP contribution in [-0.4, -0.2) is 17.6 Å². The molecule has 112 valence electrons. The zero-order valence-corrected chi connectivity index (χ0v) is 13.1. The van der Waals surface area contributed by atoms with Gasteiger partial charge in [-0.25, -0.2) is 4.79 Å². The second-order valence-electron chi connectivity index (χ2n) is 5.02. The predicted molar refractivity (Wildman–Crippen MR) is 84.5 cm³/mol. The highest BCUT2D eigenvalue weighted by Gasteiger charge is 2.08. The summed E-state index contributed by atoms with van der Waals surface area (Å²) in [6.45, 7) is 2.71. The largest absolute Gasteiger partial charge is 0.462 e. The van der Waals surface area contributed by atoms with Gasteiger partial charge in [-0.15, -0.1) is 0 Å². The van der Waals surface area contributed by atoms with Crippen molar-refractivity contribution in [3.05, 3.63) is 28.5 Å². The number of unbranched alkanes of at least 4 members (excludes halogenated alkanes) is 7. The fraction of sp³-hybridized carbons (Fsp3) is 0.625. The van der Waals surface area contributed by atoms with Gasteiger partial charge < -0.3 is 9.72 Å². The van der Waals surface area contributed by atoms with E-state index in [4.69, 9.17) is 17.0 Å². The highest BCUT2D eigenvalue weighted by molar-refractivity contribution is 7.71. The van der Waals surface area contributed by atoms with Gasteiger partial charge in [0.15, 0.2) is 0 Å². The minimum Gasteiger partial charge on any atom is -0.462 e. The summed E-state index contributed by atoms with van der Waals surface area (Å²) in [6.07, 6.45) is 11.6. The van der Waals surface area contributed by atoms with Crippen molar-refractivity contribution in [1.29, 1.82) is 0 Å². The third-order valence-corrected chi connectivity index (χ3v) is 3.61. The Morgan fingerprint density at radius 2 is 1.80 bits per heavy atom. The number of aromatic nitrogens is 1. The van der Waals surface area contributed by atoms with Crippen LogP contribution in [0.15, 0.2) is 18.3 Å². The first-order chi connectivity index (χ1) is 9.75. The van der Waals surface area contributed by atoms with Gasteiger partial charge in [0.05, 0.1) is 12.2 Å². The summed E-state index contributed by atoms with van der Waals surface area (Å²) in [6, 6.07) is 3.44. The lowest BCUT2D eigenvalue weighted by atomic mass is 10.1. The maximum Gasteiger partial charge on any atom is 0.341 e. The Morgan fingerprint density at radius 1 is 1.15 bits per heavy atom. The molecule has 4 heteroatoms. The van der Waals surface area contributed by atoms with E-state index in [-0.39, 0.29) is 5.97 Å². The fourth-order valence-electron chi connectivity index (χ4n) is 2.06. The molecule has 0 spiro atoms. The molecule has 0 saturated carbocycles. The van der Waals surface area contributed by atoms with Crippen LogP contribution in [0.2, 0.25) is 0 Å². The van der Waals surface area contributed by atoms with Crippen LogP contribution >= 0.6 is 12.2 Å². The highest BCUT2D eigenvalue weighted by Crippen LogP contribution is 2.09. The lowest BCUT2D eigenvalue weighted by Crippen LogP contribution is -2.07. The Morgan fingerprint density at radius 3 is 2.45 bits per heavy atom. The van der Waals surface area contributed by atoms with Crippen LogP contribution in [0.1, 0.15) is 68.6 Å². The van der Waals surface area contributed by atoms with Gasteiger partial charge in [0.2, 0.25) is 0 Å². The van der Waals surface area contributed by atoms with Crippen molar-refractivity contribution in [2.45, 2.75) is 58.3 Å². The summed E-state index contributed by atoms with van der Waals surface area (Å²) in [4.78, 5) is 14.6. The van der Waals surface area contributed by atoms with E-state index in [1.807, 2.05) is 0 Å². The molecule has 20 heavy (non-hydrogen) atoms. The Kier molecular flexibility index (Phi) is 8.96. The summed E-state index contributed by atoms with van der Waals surface area (Å²) >= 11 is 5.04. The van der Waals surface area contributed by atoms with Gasteiger partial charge in [0, 0.05) is 6.20 Å². The molecule has 0 atom stereocenters. The Bertz CT molecular complexity index is 442. The van der Waals surface area contributed by atoms with Gasteiger partial charge >= 0.3 is 5.97 Å². The Hall–Kier alpha value is -1.16. The number of ether oxygens (including phenoxy) is 1. The van der Waals surface area contributed by atoms with E-state index in [1.54, 1.807) is 18.3 Å². The third-order valence-electron chi connectivity index (χ3n) is 3.27. The highest BCUT2D eigenvalue weighted by atomic mass is 32.1. The van der Waals surface area contributed by atoms with Crippen LogP contribution < -0.4 is 0 Å². The molecule has 1 aromatic rings. The van der Waals surface area contributed by atoms with Crippen molar-refractivity contribution >= 4 is 18.2 Å². The molecule has 1 heterocycles. The summed E-state index contributed by atoms with van der Waals surface area (Å²) in [5.41, 5.74) is 0.446. The summed E-state index contributed by atoms with van der Waals surface area (Å²) in [5, 5.41) is 0. The summed E-state index contributed by atoms with van der Waals surface area (Å²) < 4.78 is 5.67. The first-order valence-corrected chi connectivity index (χ1v) is 8.01. The number of pyridine rings is 1. The van der Waals surface area contributed by atoms with E-state index in [0.29, 0.717) is 16.8 Å². The first-order valence-electron chi connectivity index (χ1n) is 7.60. The molecule has 0 unspecified atom stereocenters. The normalized spacial score (nSPS) is 10.4. The van der Waals surface area contributed by atoms with Crippen molar-refractivity contribution in [3.8, 4) is 0 Å². The minimum atomic E-state index is -0.324. The SMILES string of the molecule is CCCCCCCCCCOC(=O)c1ccc[nH]c1=S. The minimum absolute atomic E-state index is 0.324. The van der Waals surface area contributed by atoms with Gasteiger partial charge in [0.25, 0.3) is 0 Å². The van der Waals surface area contributed by atoms with Gasteiger partial charge in [-0.2, -0.15) is 0 Å².